The van der Waals surface area contributed by atoms with Crippen LogP contribution in [0.15, 0.2) is 30.3 Å². The summed E-state index contributed by atoms with van der Waals surface area (Å²) in [5.74, 6) is -0.0685. The second kappa shape index (κ2) is 5.84. The molecule has 1 N–H and O–H groups in total. The molecule has 1 rings (SSSR count). The lowest BCUT2D eigenvalue weighted by atomic mass is 9.87. The van der Waals surface area contributed by atoms with Gasteiger partial charge in [0, 0.05) is 12.6 Å². The summed E-state index contributed by atoms with van der Waals surface area (Å²) in [6.07, 6.45) is 0. The zero-order valence-corrected chi connectivity index (χ0v) is 11.2. The highest BCUT2D eigenvalue weighted by molar-refractivity contribution is 5.25. The van der Waals surface area contributed by atoms with Crippen LogP contribution in [-0.2, 0) is 0 Å². The average Bonchev–Trinajstić information content (AvgIpc) is 2.29. The van der Waals surface area contributed by atoms with Gasteiger partial charge in [-0.05, 0) is 17.9 Å². The van der Waals surface area contributed by atoms with Crippen LogP contribution in [0.1, 0.15) is 39.2 Å². The maximum atomic E-state index is 9.21. The number of nitrogens with one attached hydrogen (secondary N) is 1. The van der Waals surface area contributed by atoms with Crippen LogP contribution in [-0.4, -0.2) is 12.6 Å². The standard InChI is InChI=1S/C15H22N2/c1-12(15(2,3)4)17-11-14(10-16)13-8-6-5-7-9-13/h5-9,12,14,17H,11H2,1-4H3. The highest BCUT2D eigenvalue weighted by atomic mass is 14.9. The largest absolute Gasteiger partial charge is 0.312 e. The van der Waals surface area contributed by atoms with Crippen LogP contribution in [0.2, 0.25) is 0 Å². The van der Waals surface area contributed by atoms with Crippen molar-refractivity contribution >= 4 is 0 Å². The molecule has 1 aromatic carbocycles. The second-order valence-corrected chi connectivity index (χ2v) is 5.59. The minimum atomic E-state index is -0.0685. The van der Waals surface area contributed by atoms with Gasteiger partial charge in [-0.3, -0.25) is 0 Å². The summed E-state index contributed by atoms with van der Waals surface area (Å²) < 4.78 is 0. The number of hydrogen-bond donors (Lipinski definition) is 1. The van der Waals surface area contributed by atoms with Gasteiger partial charge < -0.3 is 5.32 Å². The van der Waals surface area contributed by atoms with E-state index in [2.05, 4.69) is 39.1 Å². The van der Waals surface area contributed by atoms with Crippen molar-refractivity contribution in [1.29, 1.82) is 5.26 Å². The molecule has 0 spiro atoms. The molecule has 0 heterocycles. The van der Waals surface area contributed by atoms with Gasteiger partial charge >= 0.3 is 0 Å². The zero-order valence-electron chi connectivity index (χ0n) is 11.2. The van der Waals surface area contributed by atoms with E-state index in [1.54, 1.807) is 0 Å². The molecule has 0 saturated carbocycles. The molecule has 0 radical (unpaired) electrons. The molecule has 2 nitrogen and oxygen atoms in total. The first kappa shape index (κ1) is 13.7. The van der Waals surface area contributed by atoms with E-state index in [-0.39, 0.29) is 11.3 Å². The topological polar surface area (TPSA) is 35.8 Å². The summed E-state index contributed by atoms with van der Waals surface area (Å²) >= 11 is 0. The monoisotopic (exact) mass is 230 g/mol. The maximum absolute atomic E-state index is 9.21. The van der Waals surface area contributed by atoms with Crippen molar-refractivity contribution in [2.75, 3.05) is 6.54 Å². The summed E-state index contributed by atoms with van der Waals surface area (Å²) in [4.78, 5) is 0. The predicted octanol–water partition coefficient (Wildman–Crippen LogP) is 3.32. The van der Waals surface area contributed by atoms with Crippen molar-refractivity contribution in [1.82, 2.24) is 5.32 Å². The van der Waals surface area contributed by atoms with Crippen LogP contribution >= 0.6 is 0 Å². The molecule has 0 bridgehead atoms. The molecule has 0 aliphatic heterocycles. The van der Waals surface area contributed by atoms with Gasteiger partial charge in [-0.15, -0.1) is 0 Å². The minimum absolute atomic E-state index is 0.0685. The van der Waals surface area contributed by atoms with E-state index in [0.29, 0.717) is 12.6 Å². The summed E-state index contributed by atoms with van der Waals surface area (Å²) in [6, 6.07) is 12.7. The lowest BCUT2D eigenvalue weighted by Crippen LogP contribution is -2.39. The molecule has 92 valence electrons. The van der Waals surface area contributed by atoms with E-state index in [1.807, 2.05) is 30.3 Å². The zero-order chi connectivity index (χ0) is 12.9. The Hall–Kier alpha value is -1.33. The fourth-order valence-corrected chi connectivity index (χ4v) is 1.52. The number of nitrogens with zero attached hydrogens (tertiary/aromatic N) is 1. The molecule has 0 aromatic heterocycles. The Labute approximate surface area is 105 Å². The number of nitriles is 1. The fourth-order valence-electron chi connectivity index (χ4n) is 1.52. The smallest absolute Gasteiger partial charge is 0.0837 e. The van der Waals surface area contributed by atoms with Crippen molar-refractivity contribution in [3.8, 4) is 6.07 Å². The van der Waals surface area contributed by atoms with Crippen LogP contribution in [0.25, 0.3) is 0 Å². The van der Waals surface area contributed by atoms with Crippen LogP contribution in [0.5, 0.6) is 0 Å². The molecule has 0 fully saturated rings. The van der Waals surface area contributed by atoms with Gasteiger partial charge in [-0.2, -0.15) is 5.26 Å². The van der Waals surface area contributed by atoms with Gasteiger partial charge in [0.2, 0.25) is 0 Å². The van der Waals surface area contributed by atoms with Gasteiger partial charge in [0.05, 0.1) is 12.0 Å². The Bertz CT molecular complexity index is 370. The van der Waals surface area contributed by atoms with Crippen LogP contribution in [0, 0.1) is 16.7 Å². The molecular weight excluding hydrogens is 208 g/mol. The van der Waals surface area contributed by atoms with Crippen LogP contribution in [0.4, 0.5) is 0 Å². The van der Waals surface area contributed by atoms with Crippen molar-refractivity contribution < 1.29 is 0 Å². The van der Waals surface area contributed by atoms with Crippen molar-refractivity contribution in [3.63, 3.8) is 0 Å². The Morgan fingerprint density at radius 3 is 2.29 bits per heavy atom. The first-order valence-corrected chi connectivity index (χ1v) is 6.13. The minimum Gasteiger partial charge on any atom is -0.312 e. The van der Waals surface area contributed by atoms with E-state index in [9.17, 15) is 5.26 Å². The molecule has 2 atom stereocenters. The normalized spacial score (nSPS) is 15.0. The maximum Gasteiger partial charge on any atom is 0.0837 e. The summed E-state index contributed by atoms with van der Waals surface area (Å²) in [7, 11) is 0. The van der Waals surface area contributed by atoms with Gasteiger partial charge in [-0.1, -0.05) is 51.1 Å². The molecule has 2 unspecified atom stereocenters. The third kappa shape index (κ3) is 4.20. The lowest BCUT2D eigenvalue weighted by molar-refractivity contribution is 0.286. The number of rotatable bonds is 4. The molecule has 0 saturated heterocycles. The summed E-state index contributed by atoms with van der Waals surface area (Å²) in [5, 5.41) is 12.7. The molecule has 17 heavy (non-hydrogen) atoms. The SMILES string of the molecule is CC(NCC(C#N)c1ccccc1)C(C)(C)C. The first-order chi connectivity index (χ1) is 7.95. The molecule has 0 aliphatic rings. The Kier molecular flexibility index (Phi) is 4.72. The molecule has 2 heteroatoms. The van der Waals surface area contributed by atoms with Crippen LogP contribution in [0.3, 0.4) is 0 Å². The number of hydrogen-bond acceptors (Lipinski definition) is 2. The highest BCUT2D eigenvalue weighted by Gasteiger charge is 2.20. The molecular formula is C15H22N2. The average molecular weight is 230 g/mol. The molecule has 1 aromatic rings. The fraction of sp³-hybridized carbons (Fsp3) is 0.533. The third-order valence-corrected chi connectivity index (χ3v) is 3.28. The quantitative estimate of drug-likeness (QED) is 0.861. The van der Waals surface area contributed by atoms with E-state index in [0.717, 1.165) is 5.56 Å². The van der Waals surface area contributed by atoms with Gasteiger partial charge in [-0.25, -0.2) is 0 Å². The second-order valence-electron chi connectivity index (χ2n) is 5.59. The van der Waals surface area contributed by atoms with Gasteiger partial charge in [0.1, 0.15) is 0 Å². The van der Waals surface area contributed by atoms with Crippen molar-refractivity contribution in [3.05, 3.63) is 35.9 Å². The van der Waals surface area contributed by atoms with E-state index < -0.39 is 0 Å². The van der Waals surface area contributed by atoms with Crippen molar-refractivity contribution in [2.24, 2.45) is 5.41 Å². The van der Waals surface area contributed by atoms with Crippen molar-refractivity contribution in [2.45, 2.75) is 39.7 Å². The van der Waals surface area contributed by atoms with Crippen LogP contribution < -0.4 is 5.32 Å². The third-order valence-electron chi connectivity index (χ3n) is 3.28. The molecule has 0 aliphatic carbocycles. The lowest BCUT2D eigenvalue weighted by Gasteiger charge is -2.29. The highest BCUT2D eigenvalue weighted by Crippen LogP contribution is 2.20. The molecule has 0 amide bonds. The van der Waals surface area contributed by atoms with E-state index in [4.69, 9.17) is 0 Å². The predicted molar refractivity (Wildman–Crippen MR) is 71.7 cm³/mol. The van der Waals surface area contributed by atoms with E-state index in [1.165, 1.54) is 0 Å². The summed E-state index contributed by atoms with van der Waals surface area (Å²) in [5.41, 5.74) is 1.31. The van der Waals surface area contributed by atoms with Gasteiger partial charge in [0.15, 0.2) is 0 Å². The van der Waals surface area contributed by atoms with Gasteiger partial charge in [0.25, 0.3) is 0 Å². The van der Waals surface area contributed by atoms with E-state index >= 15 is 0 Å². The summed E-state index contributed by atoms with van der Waals surface area (Å²) in [6.45, 7) is 9.48. The number of benzene rings is 1. The Balaban J connectivity index is 2.59. The Morgan fingerprint density at radius 1 is 1.24 bits per heavy atom. The first-order valence-electron chi connectivity index (χ1n) is 6.13. The Morgan fingerprint density at radius 2 is 1.82 bits per heavy atom.